The van der Waals surface area contributed by atoms with E-state index in [1.165, 1.54) is 0 Å². The third-order valence-electron chi connectivity index (χ3n) is 3.78. The van der Waals surface area contributed by atoms with Crippen molar-refractivity contribution < 1.29 is 9.53 Å². The van der Waals surface area contributed by atoms with Crippen molar-refractivity contribution in [2.45, 2.75) is 19.3 Å². The molecule has 1 aliphatic rings. The summed E-state index contributed by atoms with van der Waals surface area (Å²) in [7, 11) is 0. The Kier molecular flexibility index (Phi) is 7.86. The van der Waals surface area contributed by atoms with Crippen molar-refractivity contribution in [1.29, 1.82) is 0 Å². The number of nitrogens with two attached hydrogens (primary N) is 1. The maximum absolute atomic E-state index is 12.0. The van der Waals surface area contributed by atoms with Crippen LogP contribution in [-0.4, -0.2) is 25.6 Å². The fourth-order valence-electron chi connectivity index (χ4n) is 2.67. The molecule has 6 heteroatoms. The molecule has 0 radical (unpaired) electrons. The van der Waals surface area contributed by atoms with Gasteiger partial charge in [0.15, 0.2) is 0 Å². The van der Waals surface area contributed by atoms with Gasteiger partial charge in [-0.05, 0) is 49.6 Å². The van der Waals surface area contributed by atoms with E-state index in [0.717, 1.165) is 25.0 Å². The highest BCUT2D eigenvalue weighted by atomic mass is 35.5. The van der Waals surface area contributed by atoms with Gasteiger partial charge < -0.3 is 15.8 Å². The maximum Gasteiger partial charge on any atom is 0.223 e. The molecule has 0 unspecified atom stereocenters. The lowest BCUT2D eigenvalue weighted by Gasteiger charge is -2.17. The second-order valence-electron chi connectivity index (χ2n) is 5.13. The largest absolute Gasteiger partial charge is 0.492 e. The molecule has 0 bridgehead atoms. The van der Waals surface area contributed by atoms with Crippen molar-refractivity contribution in [3.63, 3.8) is 0 Å². The summed E-state index contributed by atoms with van der Waals surface area (Å²) in [4.78, 5) is 12.0. The first kappa shape index (κ1) is 18.1. The fourth-order valence-corrected chi connectivity index (χ4v) is 2.80. The van der Waals surface area contributed by atoms with Crippen LogP contribution >= 0.6 is 24.0 Å². The van der Waals surface area contributed by atoms with Crippen LogP contribution in [0.4, 0.5) is 0 Å². The van der Waals surface area contributed by atoms with Crippen molar-refractivity contribution in [2.24, 2.45) is 17.6 Å². The van der Waals surface area contributed by atoms with Gasteiger partial charge in [0.1, 0.15) is 12.4 Å². The monoisotopic (exact) mass is 332 g/mol. The zero-order chi connectivity index (χ0) is 14.4. The van der Waals surface area contributed by atoms with Gasteiger partial charge in [-0.1, -0.05) is 18.0 Å². The van der Waals surface area contributed by atoms with Gasteiger partial charge in [0.2, 0.25) is 5.91 Å². The lowest BCUT2D eigenvalue weighted by atomic mass is 9.95. The number of rotatable bonds is 6. The van der Waals surface area contributed by atoms with E-state index in [2.05, 4.69) is 5.32 Å². The summed E-state index contributed by atoms with van der Waals surface area (Å²) in [5.74, 6) is 1.28. The van der Waals surface area contributed by atoms with Crippen LogP contribution in [0.2, 0.25) is 5.02 Å². The lowest BCUT2D eigenvalue weighted by molar-refractivity contribution is -0.126. The first-order valence-electron chi connectivity index (χ1n) is 7.07. The van der Waals surface area contributed by atoms with Crippen LogP contribution in [0.3, 0.4) is 0 Å². The average molecular weight is 333 g/mol. The first-order valence-corrected chi connectivity index (χ1v) is 7.44. The number of benzene rings is 1. The number of halogens is 2. The van der Waals surface area contributed by atoms with E-state index in [0.29, 0.717) is 30.6 Å². The number of ether oxygens (including phenoxy) is 1. The molecule has 1 saturated carbocycles. The summed E-state index contributed by atoms with van der Waals surface area (Å²) in [6, 6.07) is 7.18. The molecule has 0 saturated heterocycles. The Morgan fingerprint density at radius 3 is 2.71 bits per heavy atom. The molecule has 0 aromatic heterocycles. The summed E-state index contributed by atoms with van der Waals surface area (Å²) in [6.07, 6.45) is 3.11. The molecule has 118 valence electrons. The summed E-state index contributed by atoms with van der Waals surface area (Å²) in [6.45, 7) is 1.56. The molecule has 3 N–H and O–H groups in total. The topological polar surface area (TPSA) is 64.4 Å². The third-order valence-corrected chi connectivity index (χ3v) is 4.03. The Labute approximate surface area is 136 Å². The Morgan fingerprint density at radius 1 is 1.33 bits per heavy atom. The van der Waals surface area contributed by atoms with E-state index in [-0.39, 0.29) is 24.2 Å². The number of carbonyl (C=O) groups excluding carboxylic acids is 1. The highest BCUT2D eigenvalue weighted by Crippen LogP contribution is 2.30. The van der Waals surface area contributed by atoms with Crippen LogP contribution < -0.4 is 15.8 Å². The molecule has 1 aromatic rings. The van der Waals surface area contributed by atoms with Crippen LogP contribution in [0.25, 0.3) is 0 Å². The van der Waals surface area contributed by atoms with Gasteiger partial charge in [0.25, 0.3) is 0 Å². The van der Waals surface area contributed by atoms with Crippen LogP contribution in [-0.2, 0) is 4.79 Å². The zero-order valence-corrected chi connectivity index (χ0v) is 13.5. The minimum Gasteiger partial charge on any atom is -0.492 e. The third kappa shape index (κ3) is 5.38. The second-order valence-corrected chi connectivity index (χ2v) is 5.56. The molecule has 0 aliphatic heterocycles. The van der Waals surface area contributed by atoms with E-state index in [9.17, 15) is 4.79 Å². The molecule has 1 amide bonds. The second kappa shape index (κ2) is 9.13. The van der Waals surface area contributed by atoms with Gasteiger partial charge in [-0.25, -0.2) is 0 Å². The first-order chi connectivity index (χ1) is 9.70. The molecule has 0 spiro atoms. The summed E-state index contributed by atoms with van der Waals surface area (Å²) < 4.78 is 5.53. The number of hydrogen-bond donors (Lipinski definition) is 2. The van der Waals surface area contributed by atoms with Gasteiger partial charge in [0, 0.05) is 10.9 Å². The summed E-state index contributed by atoms with van der Waals surface area (Å²) >= 11 is 5.79. The van der Waals surface area contributed by atoms with Crippen molar-refractivity contribution in [3.05, 3.63) is 29.3 Å². The maximum atomic E-state index is 12.0. The van der Waals surface area contributed by atoms with Crippen molar-refractivity contribution in [2.75, 3.05) is 19.7 Å². The number of amides is 1. The smallest absolute Gasteiger partial charge is 0.223 e. The molecule has 21 heavy (non-hydrogen) atoms. The molecule has 4 nitrogen and oxygen atoms in total. The zero-order valence-electron chi connectivity index (χ0n) is 11.9. The van der Waals surface area contributed by atoms with Gasteiger partial charge >= 0.3 is 0 Å². The molecular weight excluding hydrogens is 311 g/mol. The Hall–Kier alpha value is -0.970. The van der Waals surface area contributed by atoms with Crippen LogP contribution in [0.15, 0.2) is 24.3 Å². The normalized spacial score (nSPS) is 20.7. The molecule has 2 atom stereocenters. The number of nitrogens with one attached hydrogen (secondary N) is 1. The fraction of sp³-hybridized carbons (Fsp3) is 0.533. The number of hydrogen-bond acceptors (Lipinski definition) is 3. The summed E-state index contributed by atoms with van der Waals surface area (Å²) in [5, 5.41) is 3.61. The Morgan fingerprint density at radius 2 is 2.05 bits per heavy atom. The quantitative estimate of drug-likeness (QED) is 0.787. The van der Waals surface area contributed by atoms with E-state index in [1.807, 2.05) is 12.1 Å². The Bertz CT molecular complexity index is 440. The van der Waals surface area contributed by atoms with Gasteiger partial charge in [-0.2, -0.15) is 0 Å². The standard InChI is InChI=1S/C15H21ClN2O2.ClH/c16-12-4-6-13(7-5-12)20-9-8-18-15(19)14-3-1-2-11(14)10-17;/h4-7,11,14H,1-3,8-10,17H2,(H,18,19);1H/t11-,14-;/m1./s1. The average Bonchev–Trinajstić information content (AvgIpc) is 2.94. The van der Waals surface area contributed by atoms with Crippen LogP contribution in [0, 0.1) is 11.8 Å². The van der Waals surface area contributed by atoms with E-state index in [4.69, 9.17) is 22.1 Å². The molecule has 1 fully saturated rings. The minimum atomic E-state index is 0. The molecule has 1 aromatic carbocycles. The van der Waals surface area contributed by atoms with Crippen molar-refractivity contribution in [3.8, 4) is 5.75 Å². The summed E-state index contributed by atoms with van der Waals surface area (Å²) in [5.41, 5.74) is 5.69. The van der Waals surface area contributed by atoms with Crippen LogP contribution in [0.1, 0.15) is 19.3 Å². The molecular formula is C15H22Cl2N2O2. The molecule has 0 heterocycles. The minimum absolute atomic E-state index is 0. The van der Waals surface area contributed by atoms with Gasteiger partial charge in [-0.15, -0.1) is 12.4 Å². The van der Waals surface area contributed by atoms with Crippen LogP contribution in [0.5, 0.6) is 5.75 Å². The highest BCUT2D eigenvalue weighted by molar-refractivity contribution is 6.30. The predicted molar refractivity (Wildman–Crippen MR) is 87.1 cm³/mol. The molecule has 2 rings (SSSR count). The lowest BCUT2D eigenvalue weighted by Crippen LogP contribution is -2.37. The van der Waals surface area contributed by atoms with Gasteiger partial charge in [-0.3, -0.25) is 4.79 Å². The van der Waals surface area contributed by atoms with E-state index < -0.39 is 0 Å². The van der Waals surface area contributed by atoms with E-state index >= 15 is 0 Å². The molecule has 1 aliphatic carbocycles. The Balaban J connectivity index is 0.00000220. The number of carbonyl (C=O) groups is 1. The van der Waals surface area contributed by atoms with Gasteiger partial charge in [0.05, 0.1) is 6.54 Å². The van der Waals surface area contributed by atoms with E-state index in [1.54, 1.807) is 12.1 Å². The predicted octanol–water partition coefficient (Wildman–Crippen LogP) is 2.63. The van der Waals surface area contributed by atoms with Crippen molar-refractivity contribution in [1.82, 2.24) is 5.32 Å². The van der Waals surface area contributed by atoms with Crippen molar-refractivity contribution >= 4 is 29.9 Å². The SMILES string of the molecule is Cl.NC[C@H]1CCC[C@H]1C(=O)NCCOc1ccc(Cl)cc1. The highest BCUT2D eigenvalue weighted by Gasteiger charge is 2.31.